The van der Waals surface area contributed by atoms with E-state index in [0.717, 1.165) is 45.4 Å². The third kappa shape index (κ3) is 5.76. The molecule has 2 unspecified atom stereocenters. The van der Waals surface area contributed by atoms with Gasteiger partial charge in [0, 0.05) is 24.9 Å². The molecule has 2 atom stereocenters. The first-order valence-corrected chi connectivity index (χ1v) is 11.2. The van der Waals surface area contributed by atoms with Crippen LogP contribution in [0, 0.1) is 22.7 Å². The van der Waals surface area contributed by atoms with E-state index in [-0.39, 0.29) is 29.8 Å². The van der Waals surface area contributed by atoms with E-state index in [1.807, 2.05) is 20.8 Å². The lowest BCUT2D eigenvalue weighted by atomic mass is 9.90. The number of hydrogen-bond donors (Lipinski definition) is 1. The maximum Gasteiger partial charge on any atom is 0.410 e. The van der Waals surface area contributed by atoms with E-state index in [9.17, 15) is 14.4 Å². The normalized spacial score (nSPS) is 28.0. The van der Waals surface area contributed by atoms with Crippen LogP contribution in [0.3, 0.4) is 0 Å². The molecule has 2 heterocycles. The topological polar surface area (TPSA) is 75.7 Å². The van der Waals surface area contributed by atoms with Crippen molar-refractivity contribution in [1.29, 1.82) is 0 Å². The van der Waals surface area contributed by atoms with Crippen molar-refractivity contribution >= 4 is 30.1 Å². The lowest BCUT2D eigenvalue weighted by Crippen LogP contribution is -2.42. The van der Waals surface area contributed by atoms with E-state index < -0.39 is 5.60 Å². The van der Waals surface area contributed by atoms with Gasteiger partial charge in [-0.3, -0.25) is 9.59 Å². The average molecular weight is 443 g/mol. The Labute approximate surface area is 187 Å². The van der Waals surface area contributed by atoms with Crippen LogP contribution < -0.4 is 5.32 Å². The van der Waals surface area contributed by atoms with Gasteiger partial charge in [-0.15, -0.1) is 12.4 Å². The van der Waals surface area contributed by atoms with Crippen molar-refractivity contribution in [2.75, 3.05) is 26.2 Å². The van der Waals surface area contributed by atoms with Gasteiger partial charge in [-0.25, -0.2) is 4.79 Å². The van der Waals surface area contributed by atoms with Gasteiger partial charge in [0.15, 0.2) is 0 Å². The van der Waals surface area contributed by atoms with Crippen LogP contribution in [0.5, 0.6) is 0 Å². The van der Waals surface area contributed by atoms with E-state index >= 15 is 0 Å². The van der Waals surface area contributed by atoms with Crippen molar-refractivity contribution in [1.82, 2.24) is 10.2 Å². The van der Waals surface area contributed by atoms with Crippen molar-refractivity contribution in [3.63, 3.8) is 0 Å². The van der Waals surface area contributed by atoms with Gasteiger partial charge in [-0.05, 0) is 97.1 Å². The van der Waals surface area contributed by atoms with Crippen molar-refractivity contribution in [2.45, 2.75) is 78.7 Å². The number of likely N-dealkylation sites (tertiary alicyclic amines) is 1. The molecule has 0 bridgehead atoms. The molecular weight excluding hydrogens is 404 g/mol. The summed E-state index contributed by atoms with van der Waals surface area (Å²) in [5, 5.41) is 3.33. The Hall–Kier alpha value is -1.14. The zero-order valence-electron chi connectivity index (χ0n) is 19.2. The first-order chi connectivity index (χ1) is 13.5. The molecule has 4 aliphatic rings. The number of rotatable bonds is 2. The molecule has 172 valence electrons. The minimum atomic E-state index is -0.437. The minimum Gasteiger partial charge on any atom is -0.444 e. The fourth-order valence-corrected chi connectivity index (χ4v) is 5.34. The number of nitrogens with one attached hydrogen (secondary N) is 1. The quantitative estimate of drug-likeness (QED) is 0.699. The summed E-state index contributed by atoms with van der Waals surface area (Å²) in [7, 11) is 0. The predicted octanol–water partition coefficient (Wildman–Crippen LogP) is 4.00. The lowest BCUT2D eigenvalue weighted by Gasteiger charge is -2.34. The fourth-order valence-electron chi connectivity index (χ4n) is 5.34. The molecule has 0 aromatic carbocycles. The first-order valence-electron chi connectivity index (χ1n) is 11.2. The summed E-state index contributed by atoms with van der Waals surface area (Å²) >= 11 is 0. The summed E-state index contributed by atoms with van der Waals surface area (Å²) in [4.78, 5) is 36.1. The van der Waals surface area contributed by atoms with Gasteiger partial charge in [0.2, 0.25) is 0 Å². The Morgan fingerprint density at radius 1 is 0.867 bits per heavy atom. The van der Waals surface area contributed by atoms with Gasteiger partial charge >= 0.3 is 6.09 Å². The second kappa shape index (κ2) is 9.15. The zero-order chi connectivity index (χ0) is 21.4. The number of nitrogens with zero attached hydrogens (tertiary/aromatic N) is 1. The molecule has 2 saturated carbocycles. The molecule has 1 N–H and O–H groups in total. The number of carbonyl (C=O) groups is 3. The molecule has 2 aliphatic carbocycles. The Kier molecular flexibility index (Phi) is 7.67. The smallest absolute Gasteiger partial charge is 0.410 e. The zero-order valence-corrected chi connectivity index (χ0v) is 20.0. The predicted molar refractivity (Wildman–Crippen MR) is 119 cm³/mol. The van der Waals surface area contributed by atoms with Crippen LogP contribution in [0.25, 0.3) is 0 Å². The number of hydrogen-bond acceptors (Lipinski definition) is 5. The summed E-state index contributed by atoms with van der Waals surface area (Å²) in [6.45, 7) is 12.7. The monoisotopic (exact) mass is 442 g/mol. The van der Waals surface area contributed by atoms with Gasteiger partial charge in [0.05, 0.1) is 0 Å². The molecule has 2 saturated heterocycles. The molecule has 7 heteroatoms. The fraction of sp³-hybridized carbons (Fsp3) is 0.870. The van der Waals surface area contributed by atoms with Crippen LogP contribution in [0.1, 0.15) is 73.1 Å². The Morgan fingerprint density at radius 2 is 1.30 bits per heavy atom. The summed E-state index contributed by atoms with van der Waals surface area (Å²) in [5.41, 5.74) is 0.231. The van der Waals surface area contributed by atoms with E-state index in [2.05, 4.69) is 5.32 Å². The molecule has 4 rings (SSSR count). The number of carbonyl (C=O) groups excluding carboxylic acids is 3. The van der Waals surface area contributed by atoms with Crippen LogP contribution in [0.4, 0.5) is 4.79 Å². The van der Waals surface area contributed by atoms with E-state index in [4.69, 9.17) is 4.74 Å². The standard InChI is InChI=1S/C14H23NO3.C9H15NO.ClH/c1-10(16)11-9-14(11)5-7-15(8-6-14)12(17)18-13(2,3)4;1-7(11)8-6-9(8)2-4-10-5-3-9;/h11H,5-9H2,1-4H3;8,10H,2-6H2,1H3;1H. The van der Waals surface area contributed by atoms with Crippen molar-refractivity contribution in [3.8, 4) is 0 Å². The Morgan fingerprint density at radius 3 is 1.67 bits per heavy atom. The molecule has 30 heavy (non-hydrogen) atoms. The second-order valence-corrected chi connectivity index (χ2v) is 10.7. The molecular formula is C23H39ClN2O4. The Balaban J connectivity index is 0.000000229. The average Bonchev–Trinajstić information content (AvgIpc) is 3.52. The summed E-state index contributed by atoms with van der Waals surface area (Å²) < 4.78 is 5.36. The molecule has 0 aromatic rings. The van der Waals surface area contributed by atoms with Crippen LogP contribution in [-0.4, -0.2) is 54.3 Å². The number of ether oxygens (including phenoxy) is 1. The van der Waals surface area contributed by atoms with Crippen LogP contribution in [0.2, 0.25) is 0 Å². The second-order valence-electron chi connectivity index (χ2n) is 10.7. The number of halogens is 1. The van der Waals surface area contributed by atoms with Crippen LogP contribution in [0.15, 0.2) is 0 Å². The number of amides is 1. The molecule has 0 aromatic heterocycles. The van der Waals surface area contributed by atoms with Crippen molar-refractivity contribution in [3.05, 3.63) is 0 Å². The maximum atomic E-state index is 11.9. The third-order valence-electron chi connectivity index (χ3n) is 7.37. The van der Waals surface area contributed by atoms with Gasteiger partial charge in [0.1, 0.15) is 17.2 Å². The number of Topliss-reactive ketones (excluding diaryl/α,β-unsaturated/α-hetero) is 2. The van der Waals surface area contributed by atoms with Crippen LogP contribution in [-0.2, 0) is 14.3 Å². The van der Waals surface area contributed by atoms with E-state index in [0.29, 0.717) is 22.9 Å². The summed E-state index contributed by atoms with van der Waals surface area (Å²) in [6, 6.07) is 0. The highest BCUT2D eigenvalue weighted by atomic mass is 35.5. The van der Waals surface area contributed by atoms with E-state index in [1.165, 1.54) is 19.3 Å². The highest BCUT2D eigenvalue weighted by Gasteiger charge is 2.57. The SMILES string of the molecule is CC(=O)C1CC12CCN(C(=O)OC(C)(C)C)CC2.CC(=O)C1CC12CCNCC2.Cl. The van der Waals surface area contributed by atoms with Crippen molar-refractivity contribution in [2.24, 2.45) is 22.7 Å². The van der Waals surface area contributed by atoms with Gasteiger partial charge < -0.3 is 15.0 Å². The highest BCUT2D eigenvalue weighted by Crippen LogP contribution is 2.60. The van der Waals surface area contributed by atoms with Gasteiger partial charge in [0.25, 0.3) is 0 Å². The molecule has 2 spiro atoms. The lowest BCUT2D eigenvalue weighted by molar-refractivity contribution is -0.120. The molecule has 0 radical (unpaired) electrons. The largest absolute Gasteiger partial charge is 0.444 e. The van der Waals surface area contributed by atoms with Gasteiger partial charge in [-0.2, -0.15) is 0 Å². The summed E-state index contributed by atoms with van der Waals surface area (Å²) in [6.07, 6.45) is 6.29. The van der Waals surface area contributed by atoms with E-state index in [1.54, 1.807) is 18.7 Å². The van der Waals surface area contributed by atoms with Crippen LogP contribution >= 0.6 is 12.4 Å². The third-order valence-corrected chi connectivity index (χ3v) is 7.37. The molecule has 1 amide bonds. The summed E-state index contributed by atoms with van der Waals surface area (Å²) in [5.74, 6) is 1.38. The first kappa shape index (κ1) is 25.1. The number of piperidine rings is 2. The Bertz CT molecular complexity index is 659. The molecule has 4 fully saturated rings. The maximum absolute atomic E-state index is 11.9. The van der Waals surface area contributed by atoms with Gasteiger partial charge in [-0.1, -0.05) is 0 Å². The molecule has 6 nitrogen and oxygen atoms in total. The minimum absolute atomic E-state index is 0. The highest BCUT2D eigenvalue weighted by molar-refractivity contribution is 5.85. The van der Waals surface area contributed by atoms with Crippen molar-refractivity contribution < 1.29 is 19.1 Å². The molecule has 2 aliphatic heterocycles. The number of ketones is 2.